The number of benzene rings is 3. The third-order valence-electron chi connectivity index (χ3n) is 7.86. The molecule has 1 aromatic heterocycles. The van der Waals surface area contributed by atoms with Gasteiger partial charge in [0.05, 0.1) is 24.9 Å². The van der Waals surface area contributed by atoms with Crippen LogP contribution in [0, 0.1) is 0 Å². The number of carbonyl (C=O) groups excluding carboxylic acids is 1. The molecule has 0 bridgehead atoms. The van der Waals surface area contributed by atoms with E-state index in [4.69, 9.17) is 9.52 Å². The summed E-state index contributed by atoms with van der Waals surface area (Å²) in [6.07, 6.45) is 0.173. The first-order chi connectivity index (χ1) is 20.1. The largest absolute Gasteiger partial charge is 0.465 e. The topological polar surface area (TPSA) is 110 Å². The van der Waals surface area contributed by atoms with Crippen LogP contribution < -0.4 is 15.7 Å². The predicted molar refractivity (Wildman–Crippen MR) is 163 cm³/mol. The molecule has 2 heterocycles. The molecule has 3 aromatic carbocycles. The van der Waals surface area contributed by atoms with Gasteiger partial charge in [-0.05, 0) is 27.9 Å². The number of nitrogens with zero attached hydrogens (tertiary/aromatic N) is 4. The summed E-state index contributed by atoms with van der Waals surface area (Å²) in [7, 11) is -2.80. The van der Waals surface area contributed by atoms with E-state index in [-0.39, 0.29) is 30.1 Å². The van der Waals surface area contributed by atoms with Crippen molar-refractivity contribution < 1.29 is 19.1 Å². The fourth-order valence-corrected chi connectivity index (χ4v) is 10.4. The van der Waals surface area contributed by atoms with Gasteiger partial charge < -0.3 is 14.8 Å². The molecule has 1 unspecified atom stereocenters. The lowest BCUT2D eigenvalue weighted by atomic mass is 9.96. The number of hydrogen-bond donors (Lipinski definition) is 2. The molecule has 1 saturated heterocycles. The maximum Gasteiger partial charge on any atom is 0.408 e. The molecule has 0 saturated carbocycles. The molecule has 0 spiro atoms. The number of nitrogens with one attached hydrogen (secondary N) is 1. The zero-order valence-corrected chi connectivity index (χ0v) is 25.3. The smallest absolute Gasteiger partial charge is 0.408 e. The van der Waals surface area contributed by atoms with Crippen LogP contribution in [0.4, 0.5) is 4.79 Å². The summed E-state index contributed by atoms with van der Waals surface area (Å²) in [5.74, 6) is -0.325. The SMILES string of the molecule is CC(O[Si](c1ccccc1)(c1ccccc1)C(C)(C)C)c1cnn(C[C@H]2NC(=O)[C@H]2N(Cc2ccccc2)C(=O)O)n1. The number of amides is 2. The number of hydrogen-bond acceptors (Lipinski definition) is 5. The number of carboxylic acid groups (broad SMARTS) is 1. The molecular weight excluding hydrogens is 546 g/mol. The van der Waals surface area contributed by atoms with Crippen LogP contribution >= 0.6 is 0 Å². The number of rotatable bonds is 10. The number of carbonyl (C=O) groups is 2. The molecule has 42 heavy (non-hydrogen) atoms. The van der Waals surface area contributed by atoms with Crippen molar-refractivity contribution in [2.45, 2.75) is 64.0 Å². The van der Waals surface area contributed by atoms with Crippen LogP contribution in [0.1, 0.15) is 45.1 Å². The van der Waals surface area contributed by atoms with Gasteiger partial charge in [0.1, 0.15) is 11.7 Å². The van der Waals surface area contributed by atoms with Gasteiger partial charge in [-0.15, -0.1) is 0 Å². The minimum atomic E-state index is -2.80. The lowest BCUT2D eigenvalue weighted by Crippen LogP contribution is -2.70. The third-order valence-corrected chi connectivity index (χ3v) is 13.0. The van der Waals surface area contributed by atoms with Crippen LogP contribution in [0.25, 0.3) is 0 Å². The Morgan fingerprint density at radius 2 is 1.55 bits per heavy atom. The van der Waals surface area contributed by atoms with Crippen molar-refractivity contribution in [1.29, 1.82) is 0 Å². The van der Waals surface area contributed by atoms with Crippen LogP contribution in [-0.4, -0.2) is 57.4 Å². The van der Waals surface area contributed by atoms with E-state index in [1.165, 1.54) is 20.1 Å². The van der Waals surface area contributed by atoms with Crippen molar-refractivity contribution in [2.24, 2.45) is 0 Å². The number of aromatic nitrogens is 3. The van der Waals surface area contributed by atoms with Crippen molar-refractivity contribution in [1.82, 2.24) is 25.2 Å². The Morgan fingerprint density at radius 3 is 2.05 bits per heavy atom. The minimum Gasteiger partial charge on any atom is -0.465 e. The van der Waals surface area contributed by atoms with Gasteiger partial charge in [-0.1, -0.05) is 112 Å². The summed E-state index contributed by atoms with van der Waals surface area (Å²) in [6, 6.07) is 28.8. The first kappa shape index (κ1) is 29.2. The summed E-state index contributed by atoms with van der Waals surface area (Å²) >= 11 is 0. The highest BCUT2D eigenvalue weighted by atomic mass is 28.4. The molecule has 2 N–H and O–H groups in total. The van der Waals surface area contributed by atoms with Crippen LogP contribution in [0.15, 0.2) is 97.2 Å². The van der Waals surface area contributed by atoms with Crippen LogP contribution in [0.2, 0.25) is 5.04 Å². The lowest BCUT2D eigenvalue weighted by molar-refractivity contribution is -0.137. The predicted octanol–water partition coefficient (Wildman–Crippen LogP) is 3.96. The Labute approximate surface area is 247 Å². The lowest BCUT2D eigenvalue weighted by Gasteiger charge is -2.44. The van der Waals surface area contributed by atoms with Gasteiger partial charge in [-0.25, -0.2) is 4.79 Å². The van der Waals surface area contributed by atoms with Crippen molar-refractivity contribution in [3.05, 3.63) is 108 Å². The maximum absolute atomic E-state index is 12.5. The Kier molecular flexibility index (Phi) is 8.28. The fraction of sp³-hybridized carbons (Fsp3) is 0.312. The van der Waals surface area contributed by atoms with Crippen LogP contribution in [0.5, 0.6) is 0 Å². The molecular formula is C32H37N5O4Si. The zero-order valence-electron chi connectivity index (χ0n) is 24.3. The van der Waals surface area contributed by atoms with E-state index in [1.807, 2.05) is 49.4 Å². The van der Waals surface area contributed by atoms with Gasteiger partial charge in [0.2, 0.25) is 5.91 Å². The molecule has 0 radical (unpaired) electrons. The molecule has 10 heteroatoms. The molecule has 9 nitrogen and oxygen atoms in total. The van der Waals surface area contributed by atoms with E-state index < -0.39 is 26.5 Å². The fourth-order valence-electron chi connectivity index (χ4n) is 5.78. The zero-order chi connectivity index (χ0) is 29.9. The molecule has 2 amide bonds. The first-order valence-corrected chi connectivity index (χ1v) is 16.0. The van der Waals surface area contributed by atoms with Gasteiger partial charge in [0.25, 0.3) is 8.32 Å². The van der Waals surface area contributed by atoms with Crippen LogP contribution in [-0.2, 0) is 22.3 Å². The first-order valence-electron chi connectivity index (χ1n) is 14.1. The van der Waals surface area contributed by atoms with Gasteiger partial charge in [0.15, 0.2) is 0 Å². The molecule has 4 aromatic rings. The Bertz CT molecular complexity index is 1470. The highest BCUT2D eigenvalue weighted by Gasteiger charge is 2.51. The highest BCUT2D eigenvalue weighted by Crippen LogP contribution is 2.39. The average molecular weight is 584 g/mol. The molecule has 1 aliphatic heterocycles. The van der Waals surface area contributed by atoms with Gasteiger partial charge in [-0.2, -0.15) is 15.0 Å². The molecule has 1 fully saturated rings. The Morgan fingerprint density at radius 1 is 1.00 bits per heavy atom. The highest BCUT2D eigenvalue weighted by molar-refractivity contribution is 6.99. The van der Waals surface area contributed by atoms with Gasteiger partial charge in [0, 0.05) is 6.54 Å². The second-order valence-electron chi connectivity index (χ2n) is 11.7. The average Bonchev–Trinajstić information content (AvgIpc) is 3.45. The van der Waals surface area contributed by atoms with Crippen molar-refractivity contribution in [2.75, 3.05) is 0 Å². The quantitative estimate of drug-likeness (QED) is 0.216. The van der Waals surface area contributed by atoms with Crippen molar-refractivity contribution in [3.63, 3.8) is 0 Å². The minimum absolute atomic E-state index is 0.117. The molecule has 3 atom stereocenters. The van der Waals surface area contributed by atoms with Gasteiger partial charge >= 0.3 is 6.09 Å². The van der Waals surface area contributed by atoms with Crippen molar-refractivity contribution in [3.8, 4) is 0 Å². The van der Waals surface area contributed by atoms with E-state index in [2.05, 4.69) is 79.7 Å². The van der Waals surface area contributed by atoms with E-state index in [0.29, 0.717) is 5.69 Å². The monoisotopic (exact) mass is 583 g/mol. The maximum atomic E-state index is 12.5. The standard InChI is InChI=1S/C32H37N5O4Si/c1-23(41-42(32(2,3)4,25-16-10-6-11-17-25)26-18-12-7-13-19-26)27-20-33-37(35-27)22-28-29(30(38)34-28)36(31(39)40)21-24-14-8-5-9-15-24/h5-20,23,28-29H,21-22H2,1-4H3,(H,34,38)(H,39,40)/t23?,28-,29+/m1/s1. The third kappa shape index (κ3) is 5.72. The Hall–Kier alpha value is -4.28. The molecule has 5 rings (SSSR count). The van der Waals surface area contributed by atoms with E-state index in [1.54, 1.807) is 6.20 Å². The Balaban J connectivity index is 1.37. The van der Waals surface area contributed by atoms with E-state index in [0.717, 1.165) is 5.56 Å². The second kappa shape index (κ2) is 11.9. The summed E-state index contributed by atoms with van der Waals surface area (Å²) in [4.78, 5) is 27.3. The second-order valence-corrected chi connectivity index (χ2v) is 16.0. The van der Waals surface area contributed by atoms with Gasteiger partial charge in [-0.3, -0.25) is 9.69 Å². The molecule has 0 aliphatic carbocycles. The summed E-state index contributed by atoms with van der Waals surface area (Å²) in [6.45, 7) is 9.03. The van der Waals surface area contributed by atoms with E-state index >= 15 is 0 Å². The molecule has 1 aliphatic rings. The van der Waals surface area contributed by atoms with E-state index in [9.17, 15) is 14.7 Å². The summed E-state index contributed by atoms with van der Waals surface area (Å²) < 4.78 is 7.16. The normalized spacial score (nSPS) is 17.7. The van der Waals surface area contributed by atoms with Crippen LogP contribution in [0.3, 0.4) is 0 Å². The number of β-lactam (4-membered cyclic amide) rings is 1. The molecule has 218 valence electrons. The summed E-state index contributed by atoms with van der Waals surface area (Å²) in [5.41, 5.74) is 1.48. The van der Waals surface area contributed by atoms with Crippen molar-refractivity contribution >= 4 is 30.7 Å². The summed E-state index contributed by atoms with van der Waals surface area (Å²) in [5, 5.41) is 24.1.